The molecule has 2 atom stereocenters. The Hall–Kier alpha value is -2.68. The van der Waals surface area contributed by atoms with Crippen LogP contribution in [0.2, 0.25) is 0 Å². The number of carbonyl (C=O) groups excluding carboxylic acids is 1. The molecule has 0 spiro atoms. The summed E-state index contributed by atoms with van der Waals surface area (Å²) in [7, 11) is 1.68. The highest BCUT2D eigenvalue weighted by molar-refractivity contribution is 5.92. The number of hydrogen-bond acceptors (Lipinski definition) is 5. The van der Waals surface area contributed by atoms with E-state index in [1.807, 2.05) is 6.07 Å². The van der Waals surface area contributed by atoms with Gasteiger partial charge in [0.15, 0.2) is 0 Å². The zero-order valence-electron chi connectivity index (χ0n) is 13.3. The Morgan fingerprint density at radius 2 is 2.04 bits per heavy atom. The van der Waals surface area contributed by atoms with Crippen LogP contribution in [0.25, 0.3) is 11.0 Å². The van der Waals surface area contributed by atoms with E-state index in [-0.39, 0.29) is 11.8 Å². The molecule has 0 unspecified atom stereocenters. The molecule has 1 saturated heterocycles. The molecule has 1 amide bonds. The Morgan fingerprint density at radius 3 is 2.74 bits per heavy atom. The van der Waals surface area contributed by atoms with Gasteiger partial charge in [0, 0.05) is 32.5 Å². The van der Waals surface area contributed by atoms with E-state index in [9.17, 15) is 10.1 Å². The minimum atomic E-state index is -0.0360. The SMILES string of the molecule is CNC(=O)[C@@H]1C[C@@H](C)CN(c2ccc(C#N)c3nccnc23)C1. The number of nitriles is 1. The molecule has 1 aliphatic heterocycles. The van der Waals surface area contributed by atoms with Crippen molar-refractivity contribution < 1.29 is 4.79 Å². The van der Waals surface area contributed by atoms with Gasteiger partial charge < -0.3 is 10.2 Å². The average molecular weight is 309 g/mol. The quantitative estimate of drug-likeness (QED) is 0.913. The average Bonchev–Trinajstić information content (AvgIpc) is 2.59. The van der Waals surface area contributed by atoms with E-state index in [1.54, 1.807) is 25.5 Å². The van der Waals surface area contributed by atoms with Crippen LogP contribution < -0.4 is 10.2 Å². The van der Waals surface area contributed by atoms with Crippen LogP contribution in [0.4, 0.5) is 5.69 Å². The molecule has 118 valence electrons. The highest BCUT2D eigenvalue weighted by Gasteiger charge is 2.30. The third kappa shape index (κ3) is 2.82. The van der Waals surface area contributed by atoms with Gasteiger partial charge in [-0.05, 0) is 24.5 Å². The standard InChI is InChI=1S/C17H19N5O/c1-11-7-13(17(23)19-2)10-22(9-11)14-4-3-12(8-18)15-16(14)21-6-5-20-15/h3-6,11,13H,7,9-10H2,1-2H3,(H,19,23)/t11-,13-/m1/s1. The van der Waals surface area contributed by atoms with Gasteiger partial charge in [-0.25, -0.2) is 0 Å². The summed E-state index contributed by atoms with van der Waals surface area (Å²) in [5.74, 6) is 0.449. The molecule has 0 bridgehead atoms. The number of piperidine rings is 1. The van der Waals surface area contributed by atoms with Crippen LogP contribution >= 0.6 is 0 Å². The van der Waals surface area contributed by atoms with E-state index in [1.165, 1.54) is 0 Å². The predicted octanol–water partition coefficient (Wildman–Crippen LogP) is 1.71. The van der Waals surface area contributed by atoms with Crippen molar-refractivity contribution in [3.05, 3.63) is 30.1 Å². The lowest BCUT2D eigenvalue weighted by Gasteiger charge is -2.37. The Morgan fingerprint density at radius 1 is 1.30 bits per heavy atom. The number of amides is 1. The topological polar surface area (TPSA) is 81.9 Å². The second-order valence-corrected chi connectivity index (χ2v) is 6.05. The number of carbonyl (C=O) groups is 1. The molecule has 0 aliphatic carbocycles. The van der Waals surface area contributed by atoms with Crippen LogP contribution in [0.3, 0.4) is 0 Å². The van der Waals surface area contributed by atoms with Crippen LogP contribution in [-0.4, -0.2) is 36.0 Å². The predicted molar refractivity (Wildman–Crippen MR) is 87.8 cm³/mol. The van der Waals surface area contributed by atoms with Gasteiger partial charge in [0.25, 0.3) is 0 Å². The number of anilines is 1. The third-order valence-corrected chi connectivity index (χ3v) is 4.34. The van der Waals surface area contributed by atoms with Gasteiger partial charge in [-0.15, -0.1) is 0 Å². The first kappa shape index (κ1) is 15.2. The molecule has 2 aromatic rings. The largest absolute Gasteiger partial charge is 0.369 e. The lowest BCUT2D eigenvalue weighted by Crippen LogP contribution is -2.45. The molecule has 6 nitrogen and oxygen atoms in total. The fraction of sp³-hybridized carbons (Fsp3) is 0.412. The summed E-state index contributed by atoms with van der Waals surface area (Å²) < 4.78 is 0. The maximum absolute atomic E-state index is 12.0. The number of hydrogen-bond donors (Lipinski definition) is 1. The first-order valence-electron chi connectivity index (χ1n) is 7.74. The van der Waals surface area contributed by atoms with Crippen molar-refractivity contribution in [3.8, 4) is 6.07 Å². The van der Waals surface area contributed by atoms with Crippen LogP contribution in [0.1, 0.15) is 18.9 Å². The maximum atomic E-state index is 12.0. The van der Waals surface area contributed by atoms with Crippen molar-refractivity contribution in [1.29, 1.82) is 5.26 Å². The molecule has 1 aromatic carbocycles. The number of nitrogens with one attached hydrogen (secondary N) is 1. The van der Waals surface area contributed by atoms with Crippen molar-refractivity contribution in [1.82, 2.24) is 15.3 Å². The second kappa shape index (κ2) is 6.21. The zero-order chi connectivity index (χ0) is 16.4. The minimum Gasteiger partial charge on any atom is -0.369 e. The Kier molecular flexibility index (Phi) is 4.11. The highest BCUT2D eigenvalue weighted by Crippen LogP contribution is 2.31. The monoisotopic (exact) mass is 309 g/mol. The summed E-state index contributed by atoms with van der Waals surface area (Å²) in [4.78, 5) is 23.0. The lowest BCUT2D eigenvalue weighted by molar-refractivity contribution is -0.125. The zero-order valence-corrected chi connectivity index (χ0v) is 13.3. The third-order valence-electron chi connectivity index (χ3n) is 4.34. The van der Waals surface area contributed by atoms with Gasteiger partial charge in [-0.3, -0.25) is 14.8 Å². The molecule has 23 heavy (non-hydrogen) atoms. The summed E-state index contributed by atoms with van der Waals surface area (Å²) in [6.45, 7) is 3.67. The van der Waals surface area contributed by atoms with Crippen LogP contribution in [-0.2, 0) is 4.79 Å². The second-order valence-electron chi connectivity index (χ2n) is 6.05. The molecule has 1 aromatic heterocycles. The number of rotatable bonds is 2. The molecule has 1 fully saturated rings. The fourth-order valence-corrected chi connectivity index (χ4v) is 3.33. The lowest BCUT2D eigenvalue weighted by atomic mass is 9.89. The summed E-state index contributed by atoms with van der Waals surface area (Å²) in [6, 6.07) is 5.85. The molecular formula is C17H19N5O. The van der Waals surface area contributed by atoms with Crippen LogP contribution in [0, 0.1) is 23.2 Å². The van der Waals surface area contributed by atoms with Gasteiger partial charge >= 0.3 is 0 Å². The molecule has 1 aliphatic rings. The van der Waals surface area contributed by atoms with Crippen molar-refractivity contribution in [2.24, 2.45) is 11.8 Å². The van der Waals surface area contributed by atoms with Crippen molar-refractivity contribution in [3.63, 3.8) is 0 Å². The van der Waals surface area contributed by atoms with Gasteiger partial charge in [0.2, 0.25) is 5.91 Å². The first-order valence-corrected chi connectivity index (χ1v) is 7.74. The van der Waals surface area contributed by atoms with Gasteiger partial charge in [0.05, 0.1) is 17.2 Å². The van der Waals surface area contributed by atoms with Crippen LogP contribution in [0.15, 0.2) is 24.5 Å². The fourth-order valence-electron chi connectivity index (χ4n) is 3.33. The normalized spacial score (nSPS) is 21.0. The van der Waals surface area contributed by atoms with E-state index < -0.39 is 0 Å². The summed E-state index contributed by atoms with van der Waals surface area (Å²) in [5, 5.41) is 12.0. The number of fused-ring (bicyclic) bond motifs is 1. The van der Waals surface area contributed by atoms with E-state index >= 15 is 0 Å². The molecule has 3 rings (SSSR count). The van der Waals surface area contributed by atoms with Crippen molar-refractivity contribution in [2.45, 2.75) is 13.3 Å². The Balaban J connectivity index is 2.03. The number of nitrogens with zero attached hydrogens (tertiary/aromatic N) is 4. The van der Waals surface area contributed by atoms with E-state index in [0.717, 1.165) is 24.2 Å². The summed E-state index contributed by atoms with van der Waals surface area (Å²) in [5.41, 5.74) is 2.79. The summed E-state index contributed by atoms with van der Waals surface area (Å²) in [6.07, 6.45) is 4.12. The molecule has 2 heterocycles. The van der Waals surface area contributed by atoms with Gasteiger partial charge in [-0.2, -0.15) is 5.26 Å². The van der Waals surface area contributed by atoms with E-state index in [0.29, 0.717) is 23.5 Å². The first-order chi connectivity index (χ1) is 11.1. The molecule has 0 saturated carbocycles. The van der Waals surface area contributed by atoms with Crippen molar-refractivity contribution in [2.75, 3.05) is 25.0 Å². The van der Waals surface area contributed by atoms with Gasteiger partial charge in [-0.1, -0.05) is 6.92 Å². The number of aromatic nitrogens is 2. The Labute approximate surface area is 135 Å². The van der Waals surface area contributed by atoms with Gasteiger partial charge in [0.1, 0.15) is 17.1 Å². The molecule has 0 radical (unpaired) electrons. The smallest absolute Gasteiger partial charge is 0.224 e. The minimum absolute atomic E-state index is 0.0360. The van der Waals surface area contributed by atoms with Crippen LogP contribution in [0.5, 0.6) is 0 Å². The maximum Gasteiger partial charge on any atom is 0.224 e. The molecule has 1 N–H and O–H groups in total. The highest BCUT2D eigenvalue weighted by atomic mass is 16.1. The van der Waals surface area contributed by atoms with E-state index in [4.69, 9.17) is 0 Å². The molecule has 6 heteroatoms. The molecular weight excluding hydrogens is 290 g/mol. The van der Waals surface area contributed by atoms with Crippen molar-refractivity contribution >= 4 is 22.6 Å². The Bertz CT molecular complexity index is 782. The summed E-state index contributed by atoms with van der Waals surface area (Å²) >= 11 is 0. The number of benzene rings is 1. The van der Waals surface area contributed by atoms with E-state index in [2.05, 4.69) is 33.2 Å².